The Bertz CT molecular complexity index is 498. The van der Waals surface area contributed by atoms with Crippen LogP contribution in [-0.4, -0.2) is 107 Å². The molecule has 0 aromatic rings. The number of carboxylic acids is 1. The van der Waals surface area contributed by atoms with E-state index in [0.29, 0.717) is 78.4 Å². The third kappa shape index (κ3) is 14.2. The third-order valence-electron chi connectivity index (χ3n) is 5.13. The van der Waals surface area contributed by atoms with Crippen LogP contribution in [0.3, 0.4) is 0 Å². The van der Waals surface area contributed by atoms with Gasteiger partial charge in [0.25, 0.3) is 0 Å². The first-order chi connectivity index (χ1) is 14.4. The maximum Gasteiger partial charge on any atom is 0.303 e. The van der Waals surface area contributed by atoms with Gasteiger partial charge in [-0.3, -0.25) is 9.59 Å². The summed E-state index contributed by atoms with van der Waals surface area (Å²) in [5.41, 5.74) is 5.37. The fraction of sp³-hybridized carbons (Fsp3) is 0.810. The zero-order valence-corrected chi connectivity index (χ0v) is 21.0. The van der Waals surface area contributed by atoms with E-state index in [1.165, 1.54) is 0 Å². The fourth-order valence-corrected chi connectivity index (χ4v) is 3.52. The molecule has 0 unspecified atom stereocenters. The normalized spacial score (nSPS) is 27.4. The monoisotopic (exact) mass is 517 g/mol. The molecule has 2 bridgehead atoms. The smallest absolute Gasteiger partial charge is 0.303 e. The quantitative estimate of drug-likeness (QED) is 0.260. The second-order valence-electron chi connectivity index (χ2n) is 8.21. The third-order valence-corrected chi connectivity index (χ3v) is 5.13. The van der Waals surface area contributed by atoms with E-state index in [9.17, 15) is 9.59 Å². The van der Waals surface area contributed by atoms with Gasteiger partial charge in [0, 0.05) is 61.6 Å². The van der Waals surface area contributed by atoms with E-state index in [-0.39, 0.29) is 50.7 Å². The van der Waals surface area contributed by atoms with E-state index in [1.54, 1.807) is 0 Å². The number of carbonyl (C=O) groups is 2. The van der Waals surface area contributed by atoms with Crippen LogP contribution in [0.1, 0.15) is 19.3 Å². The van der Waals surface area contributed by atoms with Crippen LogP contribution in [-0.2, 0) is 26.7 Å². The van der Waals surface area contributed by atoms with Crippen molar-refractivity contribution in [2.24, 2.45) is 5.73 Å². The Labute approximate surface area is 210 Å². The minimum atomic E-state index is -0.898. The Balaban J connectivity index is 0. The zero-order chi connectivity index (χ0) is 21.7. The molecule has 0 saturated carbocycles. The number of nitrogens with one attached hydrogen (secondary N) is 3. The molecule has 0 atom stereocenters. The molecular weight excluding hydrogens is 476 g/mol. The minimum absolute atomic E-state index is 0. The first-order valence-electron chi connectivity index (χ1n) is 10.7. The van der Waals surface area contributed by atoms with Crippen molar-refractivity contribution in [2.75, 3.05) is 78.5 Å². The van der Waals surface area contributed by atoms with Gasteiger partial charge in [0.2, 0.25) is 5.91 Å². The molecule has 3 fully saturated rings. The number of carbonyl (C=O) groups excluding carboxylic acids is 1. The Hall–Kier alpha value is -0.821. The Morgan fingerprint density at radius 3 is 1.85 bits per heavy atom. The summed E-state index contributed by atoms with van der Waals surface area (Å²) in [4.78, 5) is 23.2. The van der Waals surface area contributed by atoms with Crippen LogP contribution in [0.5, 0.6) is 0 Å². The molecule has 6 N–H and O–H groups in total. The first-order valence-corrected chi connectivity index (χ1v) is 10.7. The topological polar surface area (TPSA) is 173 Å². The largest absolute Gasteiger partial charge is 0.662 e. The molecule has 0 spiro atoms. The number of fused-ring (bicyclic) bond motifs is 15. The van der Waals surface area contributed by atoms with Gasteiger partial charge in [0.1, 0.15) is 0 Å². The number of nitrogens with zero attached hydrogens (tertiary/aromatic N) is 4. The predicted molar refractivity (Wildman–Crippen MR) is 130 cm³/mol. The van der Waals surface area contributed by atoms with Crippen LogP contribution in [0.4, 0.5) is 0 Å². The van der Waals surface area contributed by atoms with Crippen molar-refractivity contribution in [3.63, 3.8) is 0 Å². The van der Waals surface area contributed by atoms with Gasteiger partial charge >= 0.3 is 5.97 Å². The van der Waals surface area contributed by atoms with E-state index in [2.05, 4.69) is 37.2 Å². The summed E-state index contributed by atoms with van der Waals surface area (Å²) >= 11 is 0. The Morgan fingerprint density at radius 2 is 1.33 bits per heavy atom. The number of hydrogen-bond donors (Lipinski definition) is 5. The molecule has 3 rings (SSSR count). The summed E-state index contributed by atoms with van der Waals surface area (Å²) in [6.07, 6.45) is 0.449. The molecule has 201 valence electrons. The van der Waals surface area contributed by atoms with Gasteiger partial charge in [-0.1, -0.05) is 0 Å². The summed E-state index contributed by atoms with van der Waals surface area (Å²) in [7, 11) is 0. The molecule has 1 radical (unpaired) electrons. The van der Waals surface area contributed by atoms with Crippen LogP contribution in [0.2, 0.25) is 0 Å². The molecule has 0 aromatic carbocycles. The number of nitrogens with two attached hydrogens (primary N) is 1. The van der Waals surface area contributed by atoms with Gasteiger partial charge < -0.3 is 62.9 Å². The number of carboxylic acid groups (broad SMARTS) is 1. The van der Waals surface area contributed by atoms with E-state index < -0.39 is 17.0 Å². The molecule has 0 aliphatic carbocycles. The van der Waals surface area contributed by atoms with Gasteiger partial charge in [-0.05, 0) is 12.0 Å². The number of hydrogen-bond acceptors (Lipinski definition) is 5. The van der Waals surface area contributed by atoms with Crippen molar-refractivity contribution in [3.8, 4) is 0 Å². The Kier molecular flexibility index (Phi) is 19.3. The maximum absolute atomic E-state index is 12.5. The van der Waals surface area contributed by atoms with Gasteiger partial charge in [-0.2, -0.15) is 26.2 Å². The van der Waals surface area contributed by atoms with Crippen LogP contribution >= 0.6 is 0 Å². The van der Waals surface area contributed by atoms with E-state index in [4.69, 9.17) is 10.8 Å². The van der Waals surface area contributed by atoms with Crippen molar-refractivity contribution in [3.05, 3.63) is 36.1 Å². The molecular formula is C21H42CuN8O3-6. The predicted octanol–water partition coefficient (Wildman–Crippen LogP) is 0.393. The van der Waals surface area contributed by atoms with Crippen molar-refractivity contribution in [1.82, 2.24) is 16.0 Å². The van der Waals surface area contributed by atoms with Crippen LogP contribution in [0.15, 0.2) is 0 Å². The molecule has 3 aliphatic heterocycles. The molecule has 3 heterocycles. The van der Waals surface area contributed by atoms with Gasteiger partial charge in [0.15, 0.2) is 0 Å². The molecule has 3 aliphatic rings. The van der Waals surface area contributed by atoms with E-state index >= 15 is 0 Å². The van der Waals surface area contributed by atoms with Crippen molar-refractivity contribution < 1.29 is 31.8 Å². The molecule has 33 heavy (non-hydrogen) atoms. The van der Waals surface area contributed by atoms with E-state index in [1.807, 2.05) is 0 Å². The SMILES string of the molecule is NC12C[N-]CC[N-]CC(NC(=O)CCCC(=O)O)(C[N-]CC[N-]C1)CNCCNC2.[CH3-].[CH3-].[Cu]. The average Bonchev–Trinajstić information content (AvgIpc) is 2.69. The number of rotatable bonds is 5. The fourth-order valence-electron chi connectivity index (χ4n) is 3.52. The number of aliphatic carboxylic acids is 1. The second kappa shape index (κ2) is 18.5. The molecule has 11 nitrogen and oxygen atoms in total. The standard InChI is InChI=1S/C19H36N8O3.2CH3.Cu/c20-18-10-21-4-7-24-13-19(14-25-8-5-22-11-18,15-26-9-6-23-12-18)27-16(28)2-1-3-17(29)30;;;/h21,24H,1-15,20H2,(H,27,28)(H,29,30);2*1H3;/q-4;2*-1;. The van der Waals surface area contributed by atoms with Crippen LogP contribution < -0.4 is 21.7 Å². The summed E-state index contributed by atoms with van der Waals surface area (Å²) < 4.78 is 0. The summed E-state index contributed by atoms with van der Waals surface area (Å²) in [6.45, 7) is 6.73. The minimum Gasteiger partial charge on any atom is -0.662 e. The van der Waals surface area contributed by atoms with Crippen LogP contribution in [0.25, 0.3) is 21.3 Å². The van der Waals surface area contributed by atoms with E-state index in [0.717, 1.165) is 6.54 Å². The number of amides is 1. The summed E-state index contributed by atoms with van der Waals surface area (Å²) in [5.74, 6) is -1.07. The van der Waals surface area contributed by atoms with Crippen molar-refractivity contribution in [2.45, 2.75) is 30.3 Å². The average molecular weight is 518 g/mol. The van der Waals surface area contributed by atoms with Crippen molar-refractivity contribution >= 4 is 11.9 Å². The Morgan fingerprint density at radius 1 is 0.848 bits per heavy atom. The van der Waals surface area contributed by atoms with Gasteiger partial charge in [0.05, 0.1) is 0 Å². The molecule has 0 aromatic heterocycles. The van der Waals surface area contributed by atoms with Crippen LogP contribution in [0, 0.1) is 14.9 Å². The van der Waals surface area contributed by atoms with Gasteiger partial charge in [-0.25, -0.2) is 0 Å². The molecule has 1 amide bonds. The van der Waals surface area contributed by atoms with Crippen molar-refractivity contribution in [1.29, 1.82) is 0 Å². The molecule has 12 heteroatoms. The first kappa shape index (κ1) is 34.3. The summed E-state index contributed by atoms with van der Waals surface area (Å²) in [5, 5.41) is 37.1. The summed E-state index contributed by atoms with van der Waals surface area (Å²) in [6, 6.07) is 0. The second-order valence-corrected chi connectivity index (χ2v) is 8.21. The van der Waals surface area contributed by atoms with Gasteiger partial charge in [-0.15, -0.1) is 26.2 Å². The maximum atomic E-state index is 12.5. The zero-order valence-electron chi connectivity index (χ0n) is 20.0. The molecule has 3 saturated heterocycles.